The van der Waals surface area contributed by atoms with E-state index in [1.165, 1.54) is 16.6 Å². The Morgan fingerprint density at radius 2 is 2.14 bits per heavy atom. The van der Waals surface area contributed by atoms with Crippen LogP contribution in [0, 0.1) is 0 Å². The summed E-state index contributed by atoms with van der Waals surface area (Å²) in [6.07, 6.45) is 6.98. The molecule has 1 aliphatic rings. The Kier molecular flexibility index (Phi) is 7.49. The minimum atomic E-state index is -0.795. The Hall–Kier alpha value is -2.13. The summed E-state index contributed by atoms with van der Waals surface area (Å²) in [5.41, 5.74) is 1.10. The minimum Gasteiger partial charge on any atom is -0.481 e. The molecular weight excluding hydrogens is 410 g/mol. The zero-order valence-corrected chi connectivity index (χ0v) is 17.9. The second kappa shape index (κ2) is 10.1. The first kappa shape index (κ1) is 21.6. The number of aromatic nitrogens is 2. The quantitative estimate of drug-likeness (QED) is 0.244. The van der Waals surface area contributed by atoms with Crippen molar-refractivity contribution in [1.82, 2.24) is 14.9 Å². The highest BCUT2D eigenvalue weighted by Crippen LogP contribution is 2.35. The summed E-state index contributed by atoms with van der Waals surface area (Å²) in [7, 11) is 0. The number of carboxylic acids is 1. The van der Waals surface area contributed by atoms with Gasteiger partial charge in [-0.3, -0.25) is 19.0 Å². The molecule has 0 fully saturated rings. The van der Waals surface area contributed by atoms with Crippen molar-refractivity contribution in [2.24, 2.45) is 0 Å². The van der Waals surface area contributed by atoms with Crippen LogP contribution in [-0.2, 0) is 29.0 Å². The highest BCUT2D eigenvalue weighted by molar-refractivity contribution is 7.99. The molecule has 2 aromatic rings. The molecule has 0 radical (unpaired) electrons. The van der Waals surface area contributed by atoms with Gasteiger partial charge in [0.2, 0.25) is 5.91 Å². The molecule has 0 saturated carbocycles. The third kappa shape index (κ3) is 5.27. The first-order chi connectivity index (χ1) is 14.0. The molecule has 0 unspecified atom stereocenters. The largest absolute Gasteiger partial charge is 0.481 e. The average Bonchev–Trinajstić information content (AvgIpc) is 3.26. The topological polar surface area (TPSA) is 101 Å². The van der Waals surface area contributed by atoms with Crippen molar-refractivity contribution in [3.63, 3.8) is 0 Å². The number of aliphatic carboxylic acids is 1. The molecular formula is C20H25N3O4S2. The van der Waals surface area contributed by atoms with Crippen LogP contribution in [0.15, 0.2) is 22.6 Å². The first-order valence-electron chi connectivity index (χ1n) is 9.78. The van der Waals surface area contributed by atoms with Crippen LogP contribution < -0.4 is 10.9 Å². The molecule has 1 aliphatic carbocycles. The molecule has 0 spiro atoms. The summed E-state index contributed by atoms with van der Waals surface area (Å²) in [4.78, 5) is 42.4. The normalized spacial score (nSPS) is 12.8. The van der Waals surface area contributed by atoms with E-state index in [0.29, 0.717) is 24.7 Å². The van der Waals surface area contributed by atoms with Gasteiger partial charge in [-0.1, -0.05) is 24.3 Å². The molecule has 0 bridgehead atoms. The van der Waals surface area contributed by atoms with Crippen molar-refractivity contribution < 1.29 is 14.7 Å². The third-order valence-electron chi connectivity index (χ3n) is 4.82. The zero-order chi connectivity index (χ0) is 20.8. The van der Waals surface area contributed by atoms with Gasteiger partial charge in [-0.2, -0.15) is 0 Å². The number of thiophene rings is 1. The van der Waals surface area contributed by atoms with Gasteiger partial charge in [-0.05, 0) is 37.7 Å². The van der Waals surface area contributed by atoms with Gasteiger partial charge in [-0.15, -0.1) is 17.9 Å². The lowest BCUT2D eigenvalue weighted by Crippen LogP contribution is -2.27. The number of hydrogen-bond acceptors (Lipinski definition) is 6. The van der Waals surface area contributed by atoms with Gasteiger partial charge in [0.1, 0.15) is 4.83 Å². The van der Waals surface area contributed by atoms with Crippen molar-refractivity contribution in [3.05, 3.63) is 33.4 Å². The number of amides is 1. The summed E-state index contributed by atoms with van der Waals surface area (Å²) in [5, 5.41) is 12.7. The number of hydrogen-bond donors (Lipinski definition) is 2. The number of carboxylic acid groups (broad SMARTS) is 1. The van der Waals surface area contributed by atoms with Crippen molar-refractivity contribution >= 4 is 45.2 Å². The molecule has 2 N–H and O–H groups in total. The van der Waals surface area contributed by atoms with Crippen molar-refractivity contribution in [2.45, 2.75) is 56.6 Å². The number of carbonyl (C=O) groups excluding carboxylic acids is 1. The predicted molar refractivity (Wildman–Crippen MR) is 116 cm³/mol. The molecule has 1 amide bonds. The maximum absolute atomic E-state index is 13.1. The number of aryl methyl sites for hydroxylation is 2. The van der Waals surface area contributed by atoms with E-state index < -0.39 is 5.97 Å². The molecule has 0 aromatic carbocycles. The van der Waals surface area contributed by atoms with E-state index >= 15 is 0 Å². The summed E-state index contributed by atoms with van der Waals surface area (Å²) < 4.78 is 1.60. The summed E-state index contributed by atoms with van der Waals surface area (Å²) >= 11 is 2.85. The van der Waals surface area contributed by atoms with E-state index in [1.807, 2.05) is 0 Å². The number of thioether (sulfide) groups is 1. The third-order valence-corrected chi connectivity index (χ3v) is 6.99. The fourth-order valence-electron chi connectivity index (χ4n) is 3.45. The molecule has 9 heteroatoms. The maximum atomic E-state index is 13.1. The number of nitrogens with one attached hydrogen (secondary N) is 1. The smallest absolute Gasteiger partial charge is 0.303 e. The Balaban J connectivity index is 1.61. The number of rotatable bonds is 11. The second-order valence-electron chi connectivity index (χ2n) is 6.98. The predicted octanol–water partition coefficient (Wildman–Crippen LogP) is 2.99. The molecule has 0 saturated heterocycles. The number of carbonyl (C=O) groups is 2. The molecule has 0 atom stereocenters. The van der Waals surface area contributed by atoms with E-state index in [2.05, 4.69) is 16.9 Å². The number of unbranched alkanes of at least 4 members (excludes halogenated alkanes) is 2. The Labute approximate surface area is 177 Å². The highest BCUT2D eigenvalue weighted by Gasteiger charge is 2.23. The minimum absolute atomic E-state index is 0.0457. The van der Waals surface area contributed by atoms with Gasteiger partial charge < -0.3 is 10.4 Å². The van der Waals surface area contributed by atoms with Gasteiger partial charge in [-0.25, -0.2) is 4.98 Å². The number of nitrogens with zero attached hydrogens (tertiary/aromatic N) is 2. The van der Waals surface area contributed by atoms with Gasteiger partial charge in [0.25, 0.3) is 5.56 Å². The molecule has 7 nitrogen and oxygen atoms in total. The maximum Gasteiger partial charge on any atom is 0.303 e. The molecule has 2 heterocycles. The molecule has 3 rings (SSSR count). The van der Waals surface area contributed by atoms with Crippen LogP contribution in [0.1, 0.15) is 42.5 Å². The average molecular weight is 436 g/mol. The standard InChI is InChI=1S/C20H25N3O4S2/c1-2-11-23-19(27)17-13-7-6-8-14(13)29-18(17)22-20(23)28-12-15(24)21-10-5-3-4-9-16(25)26/h2H,1,3-12H2,(H,21,24)(H,25,26). The summed E-state index contributed by atoms with van der Waals surface area (Å²) in [5.74, 6) is -0.743. The van der Waals surface area contributed by atoms with Crippen LogP contribution in [0.25, 0.3) is 10.2 Å². The highest BCUT2D eigenvalue weighted by atomic mass is 32.2. The molecule has 0 aliphatic heterocycles. The zero-order valence-electron chi connectivity index (χ0n) is 16.2. The Bertz CT molecular complexity index is 980. The lowest BCUT2D eigenvalue weighted by molar-refractivity contribution is -0.137. The van der Waals surface area contributed by atoms with Gasteiger partial charge >= 0.3 is 5.97 Å². The lowest BCUT2D eigenvalue weighted by atomic mass is 10.2. The lowest BCUT2D eigenvalue weighted by Gasteiger charge is -2.10. The van der Waals surface area contributed by atoms with Gasteiger partial charge in [0.15, 0.2) is 5.16 Å². The van der Waals surface area contributed by atoms with Crippen LogP contribution in [0.4, 0.5) is 0 Å². The number of allylic oxidation sites excluding steroid dienone is 1. The van der Waals surface area contributed by atoms with E-state index in [0.717, 1.165) is 47.9 Å². The van der Waals surface area contributed by atoms with Crippen LogP contribution in [0.3, 0.4) is 0 Å². The molecule has 2 aromatic heterocycles. The fourth-order valence-corrected chi connectivity index (χ4v) is 5.59. The van der Waals surface area contributed by atoms with E-state index in [1.54, 1.807) is 22.0 Å². The van der Waals surface area contributed by atoms with Gasteiger partial charge in [0.05, 0.1) is 11.1 Å². The molecule has 156 valence electrons. The van der Waals surface area contributed by atoms with E-state index in [4.69, 9.17) is 5.11 Å². The number of fused-ring (bicyclic) bond motifs is 3. The van der Waals surface area contributed by atoms with E-state index in [9.17, 15) is 14.4 Å². The van der Waals surface area contributed by atoms with Crippen molar-refractivity contribution in [2.75, 3.05) is 12.3 Å². The Morgan fingerprint density at radius 3 is 2.90 bits per heavy atom. The summed E-state index contributed by atoms with van der Waals surface area (Å²) in [6, 6.07) is 0. The SMILES string of the molecule is C=CCn1c(SCC(=O)NCCCCCC(=O)O)nc2sc3c(c2c1=O)CCC3. The van der Waals surface area contributed by atoms with Gasteiger partial charge in [0, 0.05) is 24.4 Å². The second-order valence-corrected chi connectivity index (χ2v) is 9.01. The first-order valence-corrected chi connectivity index (χ1v) is 11.6. The fraction of sp³-hybridized carbons (Fsp3) is 0.500. The van der Waals surface area contributed by atoms with Crippen molar-refractivity contribution in [3.8, 4) is 0 Å². The molecule has 29 heavy (non-hydrogen) atoms. The van der Waals surface area contributed by atoms with E-state index in [-0.39, 0.29) is 23.6 Å². The van der Waals surface area contributed by atoms with Crippen LogP contribution >= 0.6 is 23.1 Å². The van der Waals surface area contributed by atoms with Crippen molar-refractivity contribution in [1.29, 1.82) is 0 Å². The van der Waals surface area contributed by atoms with Crippen LogP contribution in [-0.4, -0.2) is 38.8 Å². The van der Waals surface area contributed by atoms with Crippen LogP contribution in [0.5, 0.6) is 0 Å². The Morgan fingerprint density at radius 1 is 1.31 bits per heavy atom. The summed E-state index contributed by atoms with van der Waals surface area (Å²) in [6.45, 7) is 4.62. The monoisotopic (exact) mass is 435 g/mol. The van der Waals surface area contributed by atoms with Crippen LogP contribution in [0.2, 0.25) is 0 Å².